The monoisotopic (exact) mass is 245 g/mol. The van der Waals surface area contributed by atoms with Gasteiger partial charge in [0.2, 0.25) is 0 Å². The summed E-state index contributed by atoms with van der Waals surface area (Å²) in [7, 11) is 0. The van der Waals surface area contributed by atoms with E-state index < -0.39 is 0 Å². The molecule has 1 aromatic carbocycles. The number of hydrogen-bond acceptors (Lipinski definition) is 2. The molecule has 1 N–H and O–H groups in total. The average molecular weight is 245 g/mol. The zero-order chi connectivity index (χ0) is 12.2. The van der Waals surface area contributed by atoms with E-state index in [-0.39, 0.29) is 0 Å². The Morgan fingerprint density at radius 3 is 2.94 bits per heavy atom. The molecule has 0 spiro atoms. The second-order valence-electron chi connectivity index (χ2n) is 5.64. The van der Waals surface area contributed by atoms with Crippen molar-refractivity contribution in [2.75, 3.05) is 13.2 Å². The second kappa shape index (κ2) is 5.75. The Balaban J connectivity index is 1.65. The van der Waals surface area contributed by atoms with Crippen molar-refractivity contribution < 1.29 is 4.74 Å². The molecule has 1 aliphatic carbocycles. The third-order valence-electron chi connectivity index (χ3n) is 4.30. The lowest BCUT2D eigenvalue weighted by Gasteiger charge is -2.24. The van der Waals surface area contributed by atoms with Crippen molar-refractivity contribution in [3.63, 3.8) is 0 Å². The van der Waals surface area contributed by atoms with E-state index in [4.69, 9.17) is 4.74 Å². The Labute approximate surface area is 110 Å². The van der Waals surface area contributed by atoms with Gasteiger partial charge in [-0.15, -0.1) is 0 Å². The van der Waals surface area contributed by atoms with E-state index in [9.17, 15) is 0 Å². The number of rotatable bonds is 3. The molecule has 2 nitrogen and oxygen atoms in total. The molecule has 1 saturated carbocycles. The van der Waals surface area contributed by atoms with Gasteiger partial charge in [0.05, 0.1) is 6.61 Å². The van der Waals surface area contributed by atoms with Crippen LogP contribution in [0.15, 0.2) is 18.2 Å². The highest BCUT2D eigenvalue weighted by atomic mass is 16.5. The van der Waals surface area contributed by atoms with Gasteiger partial charge < -0.3 is 10.1 Å². The van der Waals surface area contributed by atoms with Gasteiger partial charge in [0.15, 0.2) is 0 Å². The van der Waals surface area contributed by atoms with Crippen molar-refractivity contribution in [2.24, 2.45) is 5.92 Å². The summed E-state index contributed by atoms with van der Waals surface area (Å²) in [6.45, 7) is 2.98. The standard InChI is InChI=1S/C16H23NO/c1-2-5-13(6-3-1)12-18-16-8-4-7-14-9-10-17-11-15(14)16/h4,7-8,13,17H,1-3,5-6,9-12H2. The Morgan fingerprint density at radius 1 is 1.17 bits per heavy atom. The predicted molar refractivity (Wildman–Crippen MR) is 73.9 cm³/mol. The van der Waals surface area contributed by atoms with Gasteiger partial charge in [-0.1, -0.05) is 31.4 Å². The van der Waals surface area contributed by atoms with Gasteiger partial charge in [-0.3, -0.25) is 0 Å². The maximum absolute atomic E-state index is 6.10. The minimum absolute atomic E-state index is 0.783. The van der Waals surface area contributed by atoms with Crippen LogP contribution in [0.3, 0.4) is 0 Å². The summed E-state index contributed by atoms with van der Waals surface area (Å²) in [5.41, 5.74) is 2.86. The molecule has 2 heteroatoms. The molecule has 1 aromatic rings. The highest BCUT2D eigenvalue weighted by Gasteiger charge is 2.17. The van der Waals surface area contributed by atoms with Gasteiger partial charge in [-0.2, -0.15) is 0 Å². The van der Waals surface area contributed by atoms with Crippen LogP contribution in [0, 0.1) is 5.92 Å². The maximum Gasteiger partial charge on any atom is 0.124 e. The number of ether oxygens (including phenoxy) is 1. The maximum atomic E-state index is 6.10. The first kappa shape index (κ1) is 12.0. The fourth-order valence-corrected chi connectivity index (χ4v) is 3.18. The predicted octanol–water partition coefficient (Wildman–Crippen LogP) is 3.29. The Kier molecular flexibility index (Phi) is 3.84. The molecule has 3 rings (SSSR count). The number of hydrogen-bond donors (Lipinski definition) is 1. The third kappa shape index (κ3) is 2.69. The van der Waals surface area contributed by atoms with Gasteiger partial charge in [-0.05, 0) is 43.4 Å². The fraction of sp³-hybridized carbons (Fsp3) is 0.625. The van der Waals surface area contributed by atoms with Crippen LogP contribution in [0.5, 0.6) is 5.75 Å². The van der Waals surface area contributed by atoms with Crippen LogP contribution in [-0.2, 0) is 13.0 Å². The van der Waals surface area contributed by atoms with E-state index in [1.165, 1.54) is 43.2 Å². The summed E-state index contributed by atoms with van der Waals surface area (Å²) in [6.07, 6.45) is 8.04. The smallest absolute Gasteiger partial charge is 0.124 e. The topological polar surface area (TPSA) is 21.3 Å². The lowest BCUT2D eigenvalue weighted by Crippen LogP contribution is -2.24. The fourth-order valence-electron chi connectivity index (χ4n) is 3.18. The van der Waals surface area contributed by atoms with Crippen molar-refractivity contribution in [3.8, 4) is 5.75 Å². The van der Waals surface area contributed by atoms with Crippen molar-refractivity contribution in [1.29, 1.82) is 0 Å². The van der Waals surface area contributed by atoms with E-state index in [1.54, 1.807) is 0 Å². The van der Waals surface area contributed by atoms with Crippen LogP contribution >= 0.6 is 0 Å². The zero-order valence-corrected chi connectivity index (χ0v) is 11.1. The van der Waals surface area contributed by atoms with Gasteiger partial charge in [0, 0.05) is 12.1 Å². The molecule has 0 saturated heterocycles. The molecule has 1 heterocycles. The highest BCUT2D eigenvalue weighted by molar-refractivity contribution is 5.41. The molecule has 1 fully saturated rings. The number of fused-ring (bicyclic) bond motifs is 1. The van der Waals surface area contributed by atoms with E-state index in [1.807, 2.05) is 0 Å². The zero-order valence-electron chi connectivity index (χ0n) is 11.1. The first-order chi connectivity index (χ1) is 8.93. The molecular weight excluding hydrogens is 222 g/mol. The van der Waals surface area contributed by atoms with E-state index in [0.29, 0.717) is 0 Å². The number of benzene rings is 1. The highest BCUT2D eigenvalue weighted by Crippen LogP contribution is 2.28. The Bertz CT molecular complexity index is 396. The second-order valence-corrected chi connectivity index (χ2v) is 5.64. The third-order valence-corrected chi connectivity index (χ3v) is 4.30. The summed E-state index contributed by atoms with van der Waals surface area (Å²) < 4.78 is 6.10. The first-order valence-corrected chi connectivity index (χ1v) is 7.38. The Hall–Kier alpha value is -1.02. The first-order valence-electron chi connectivity index (χ1n) is 7.38. The summed E-state index contributed by atoms with van der Waals surface area (Å²) in [4.78, 5) is 0. The van der Waals surface area contributed by atoms with Gasteiger partial charge in [0.25, 0.3) is 0 Å². The SMILES string of the molecule is c1cc2c(c(OCC3CCCCC3)c1)CNCC2. The largest absolute Gasteiger partial charge is 0.493 e. The van der Waals surface area contributed by atoms with Crippen molar-refractivity contribution in [3.05, 3.63) is 29.3 Å². The van der Waals surface area contributed by atoms with E-state index >= 15 is 0 Å². The minimum atomic E-state index is 0.783. The molecular formula is C16H23NO. The summed E-state index contributed by atoms with van der Waals surface area (Å²) in [5.74, 6) is 1.90. The molecule has 0 radical (unpaired) electrons. The molecule has 0 aromatic heterocycles. The molecule has 1 aliphatic heterocycles. The lowest BCUT2D eigenvalue weighted by atomic mass is 9.90. The van der Waals surface area contributed by atoms with Crippen LogP contribution < -0.4 is 10.1 Å². The van der Waals surface area contributed by atoms with Gasteiger partial charge >= 0.3 is 0 Å². The molecule has 0 amide bonds. The minimum Gasteiger partial charge on any atom is -0.493 e. The van der Waals surface area contributed by atoms with E-state index in [2.05, 4.69) is 23.5 Å². The average Bonchev–Trinajstić information content (AvgIpc) is 2.46. The van der Waals surface area contributed by atoms with Gasteiger partial charge in [0.1, 0.15) is 5.75 Å². The van der Waals surface area contributed by atoms with Crippen LogP contribution in [0.1, 0.15) is 43.2 Å². The molecule has 0 atom stereocenters. The number of nitrogens with one attached hydrogen (secondary N) is 1. The van der Waals surface area contributed by atoms with Crippen molar-refractivity contribution in [1.82, 2.24) is 5.32 Å². The Morgan fingerprint density at radius 2 is 2.06 bits per heavy atom. The van der Waals surface area contributed by atoms with Crippen LogP contribution in [0.2, 0.25) is 0 Å². The van der Waals surface area contributed by atoms with Gasteiger partial charge in [-0.25, -0.2) is 0 Å². The van der Waals surface area contributed by atoms with Crippen LogP contribution in [0.25, 0.3) is 0 Å². The van der Waals surface area contributed by atoms with E-state index in [0.717, 1.165) is 37.8 Å². The molecule has 0 bridgehead atoms. The summed E-state index contributed by atoms with van der Waals surface area (Å²) >= 11 is 0. The molecule has 98 valence electrons. The molecule has 2 aliphatic rings. The van der Waals surface area contributed by atoms with Crippen LogP contribution in [0.4, 0.5) is 0 Å². The normalized spacial score (nSPS) is 20.4. The summed E-state index contributed by atoms with van der Waals surface area (Å²) in [5, 5.41) is 3.44. The lowest BCUT2D eigenvalue weighted by molar-refractivity contribution is 0.206. The quantitative estimate of drug-likeness (QED) is 0.882. The molecule has 18 heavy (non-hydrogen) atoms. The van der Waals surface area contributed by atoms with Crippen LogP contribution in [-0.4, -0.2) is 13.2 Å². The summed E-state index contributed by atoms with van der Waals surface area (Å²) in [6, 6.07) is 6.51. The molecule has 0 unspecified atom stereocenters. The van der Waals surface area contributed by atoms with Crippen molar-refractivity contribution >= 4 is 0 Å². The van der Waals surface area contributed by atoms with Crippen molar-refractivity contribution in [2.45, 2.75) is 45.1 Å².